The van der Waals surface area contributed by atoms with Crippen molar-refractivity contribution in [2.75, 3.05) is 0 Å². The van der Waals surface area contributed by atoms with Crippen LogP contribution in [0, 0.1) is 0 Å². The Morgan fingerprint density at radius 2 is 2.14 bits per heavy atom. The van der Waals surface area contributed by atoms with Crippen molar-refractivity contribution in [1.82, 2.24) is 0 Å². The predicted octanol–water partition coefficient (Wildman–Crippen LogP) is 2.16. The van der Waals surface area contributed by atoms with E-state index in [0.29, 0.717) is 0 Å². The quantitative estimate of drug-likeness (QED) is 0.643. The Hall–Kier alpha value is -1.35. The molecule has 0 radical (unpaired) electrons. The second-order valence-corrected chi connectivity index (χ2v) is 4.38. The third kappa shape index (κ3) is 0.990. The minimum atomic E-state index is -0.0996. The van der Waals surface area contributed by atoms with Gasteiger partial charge in [-0.25, -0.2) is 4.99 Å². The van der Waals surface area contributed by atoms with E-state index in [9.17, 15) is 4.79 Å². The number of hydrogen-bond acceptors (Lipinski definition) is 2. The molecule has 2 heterocycles. The molecule has 0 aliphatic carbocycles. The van der Waals surface area contributed by atoms with E-state index < -0.39 is 0 Å². The maximum absolute atomic E-state index is 11.5. The van der Waals surface area contributed by atoms with Crippen molar-refractivity contribution in [3.63, 3.8) is 0 Å². The number of carbonyl (C=O) groups is 1. The van der Waals surface area contributed by atoms with Crippen molar-refractivity contribution < 1.29 is 4.79 Å². The van der Waals surface area contributed by atoms with Crippen molar-refractivity contribution in [3.8, 4) is 0 Å². The van der Waals surface area contributed by atoms with Gasteiger partial charge in [-0.2, -0.15) is 0 Å². The van der Waals surface area contributed by atoms with E-state index in [1.54, 1.807) is 18.0 Å². The maximum atomic E-state index is 11.5. The summed E-state index contributed by atoms with van der Waals surface area (Å²) in [5.41, 5.74) is 2.28. The zero-order valence-corrected chi connectivity index (χ0v) is 8.12. The molecule has 1 atom stereocenters. The summed E-state index contributed by atoms with van der Waals surface area (Å²) in [4.78, 5) is 16.5. The molecule has 1 aromatic carbocycles. The highest BCUT2D eigenvalue weighted by Crippen LogP contribution is 2.45. The molecule has 2 nitrogen and oxygen atoms in total. The first kappa shape index (κ1) is 8.00. The Morgan fingerprint density at radius 3 is 3.07 bits per heavy atom. The molecule has 1 unspecified atom stereocenters. The summed E-state index contributed by atoms with van der Waals surface area (Å²) in [5.74, 6) is -0.0382. The number of aliphatic imine (C=N–C) groups is 1. The molecule has 0 saturated carbocycles. The normalized spacial score (nSPS) is 23.0. The molecule has 68 valence electrons. The van der Waals surface area contributed by atoms with E-state index in [1.165, 1.54) is 10.5 Å². The summed E-state index contributed by atoms with van der Waals surface area (Å²) < 4.78 is 0. The number of benzene rings is 1. The minimum Gasteiger partial charge on any atom is -0.271 e. The fourth-order valence-electron chi connectivity index (χ4n) is 1.76. The summed E-state index contributed by atoms with van der Waals surface area (Å²) in [7, 11) is 0. The number of hydrogen-bond donors (Lipinski definition) is 0. The lowest BCUT2D eigenvalue weighted by Crippen LogP contribution is -2.16. The van der Waals surface area contributed by atoms with Crippen LogP contribution in [0.25, 0.3) is 5.57 Å². The molecule has 2 aliphatic heterocycles. The molecule has 2 aliphatic rings. The molecule has 0 saturated heterocycles. The second-order valence-electron chi connectivity index (χ2n) is 3.23. The monoisotopic (exact) mass is 201 g/mol. The van der Waals surface area contributed by atoms with Gasteiger partial charge in [0.2, 0.25) is 0 Å². The first-order chi connectivity index (χ1) is 6.86. The molecule has 1 aromatic rings. The number of allylic oxidation sites excluding steroid dienone is 1. The number of rotatable bonds is 0. The highest BCUT2D eigenvalue weighted by molar-refractivity contribution is 8.01. The van der Waals surface area contributed by atoms with E-state index in [-0.39, 0.29) is 11.2 Å². The smallest absolute Gasteiger partial charge is 0.263 e. The van der Waals surface area contributed by atoms with Crippen LogP contribution in [0.15, 0.2) is 40.2 Å². The van der Waals surface area contributed by atoms with E-state index in [4.69, 9.17) is 0 Å². The van der Waals surface area contributed by atoms with E-state index in [2.05, 4.69) is 11.1 Å². The molecule has 0 spiro atoms. The summed E-state index contributed by atoms with van der Waals surface area (Å²) in [6.07, 6.45) is 3.53. The van der Waals surface area contributed by atoms with Gasteiger partial charge in [0, 0.05) is 11.1 Å². The van der Waals surface area contributed by atoms with Crippen molar-refractivity contribution >= 4 is 29.5 Å². The summed E-state index contributed by atoms with van der Waals surface area (Å²) in [6.45, 7) is 0. The van der Waals surface area contributed by atoms with Crippen LogP contribution in [0.3, 0.4) is 0 Å². The van der Waals surface area contributed by atoms with Crippen LogP contribution in [0.2, 0.25) is 0 Å². The van der Waals surface area contributed by atoms with Crippen molar-refractivity contribution in [2.45, 2.75) is 10.1 Å². The molecule has 3 heteroatoms. The van der Waals surface area contributed by atoms with Gasteiger partial charge >= 0.3 is 0 Å². The molecule has 0 aromatic heterocycles. The Bertz CT molecular complexity index is 476. The largest absolute Gasteiger partial charge is 0.271 e. The number of dihydropyridines is 1. The van der Waals surface area contributed by atoms with Crippen LogP contribution in [-0.4, -0.2) is 17.4 Å². The van der Waals surface area contributed by atoms with Gasteiger partial charge in [0.25, 0.3) is 5.91 Å². The van der Waals surface area contributed by atoms with Gasteiger partial charge in [-0.1, -0.05) is 18.2 Å². The highest BCUT2D eigenvalue weighted by Gasteiger charge is 2.33. The van der Waals surface area contributed by atoms with Gasteiger partial charge in [-0.15, -0.1) is 11.8 Å². The lowest BCUT2D eigenvalue weighted by Gasteiger charge is -2.09. The molecule has 0 fully saturated rings. The lowest BCUT2D eigenvalue weighted by atomic mass is 10.0. The molecular weight excluding hydrogens is 194 g/mol. The summed E-state index contributed by atoms with van der Waals surface area (Å²) >= 11 is 1.60. The molecule has 14 heavy (non-hydrogen) atoms. The van der Waals surface area contributed by atoms with Crippen LogP contribution in [0.5, 0.6) is 0 Å². The molecule has 0 N–H and O–H groups in total. The molecule has 0 bridgehead atoms. The van der Waals surface area contributed by atoms with Crippen molar-refractivity contribution in [3.05, 3.63) is 35.9 Å². The number of carbonyl (C=O) groups excluding carboxylic acids is 1. The van der Waals surface area contributed by atoms with E-state index >= 15 is 0 Å². The summed E-state index contributed by atoms with van der Waals surface area (Å²) in [5, 5.41) is -0.0996. The number of thioether (sulfide) groups is 1. The first-order valence-electron chi connectivity index (χ1n) is 4.40. The van der Waals surface area contributed by atoms with Gasteiger partial charge in [-0.05, 0) is 23.3 Å². The lowest BCUT2D eigenvalue weighted by molar-refractivity contribution is -0.116. The van der Waals surface area contributed by atoms with Crippen LogP contribution < -0.4 is 0 Å². The Labute approximate surface area is 85.7 Å². The fraction of sp³-hybridized carbons (Fsp3) is 0.0909. The maximum Gasteiger partial charge on any atom is 0.263 e. The van der Waals surface area contributed by atoms with Gasteiger partial charge < -0.3 is 0 Å². The van der Waals surface area contributed by atoms with Gasteiger partial charge in [-0.3, -0.25) is 4.79 Å². The van der Waals surface area contributed by atoms with Crippen LogP contribution >= 0.6 is 11.8 Å². The SMILES string of the molecule is O=C1N=CC=C2c3ccccc3SC12. The average molecular weight is 201 g/mol. The minimum absolute atomic E-state index is 0.0382. The third-order valence-electron chi connectivity index (χ3n) is 2.41. The van der Waals surface area contributed by atoms with Crippen molar-refractivity contribution in [1.29, 1.82) is 0 Å². The Kier molecular flexibility index (Phi) is 1.61. The highest BCUT2D eigenvalue weighted by atomic mass is 32.2. The van der Waals surface area contributed by atoms with Crippen LogP contribution in [0.4, 0.5) is 0 Å². The third-order valence-corrected chi connectivity index (χ3v) is 3.71. The summed E-state index contributed by atoms with van der Waals surface area (Å²) in [6, 6.07) is 8.10. The number of amides is 1. The van der Waals surface area contributed by atoms with Gasteiger partial charge in [0.15, 0.2) is 0 Å². The van der Waals surface area contributed by atoms with Crippen LogP contribution in [-0.2, 0) is 4.79 Å². The zero-order valence-electron chi connectivity index (χ0n) is 7.31. The zero-order chi connectivity index (χ0) is 9.54. The van der Waals surface area contributed by atoms with Crippen LogP contribution in [0.1, 0.15) is 5.56 Å². The van der Waals surface area contributed by atoms with Crippen molar-refractivity contribution in [2.24, 2.45) is 4.99 Å². The first-order valence-corrected chi connectivity index (χ1v) is 5.28. The fourth-order valence-corrected chi connectivity index (χ4v) is 2.98. The molecule has 1 amide bonds. The topological polar surface area (TPSA) is 29.4 Å². The van der Waals surface area contributed by atoms with E-state index in [0.717, 1.165) is 5.57 Å². The number of nitrogens with zero attached hydrogens (tertiary/aromatic N) is 1. The Balaban J connectivity index is 2.19. The second kappa shape index (κ2) is 2.82. The van der Waals surface area contributed by atoms with E-state index in [1.807, 2.05) is 24.3 Å². The Morgan fingerprint density at radius 1 is 1.29 bits per heavy atom. The average Bonchev–Trinajstić information content (AvgIpc) is 2.59. The van der Waals surface area contributed by atoms with Gasteiger partial charge in [0.05, 0.1) is 0 Å². The molecule has 3 rings (SSSR count). The standard InChI is InChI=1S/C11H7NOS/c13-11-10-8(5-6-12-11)7-3-1-2-4-9(7)14-10/h1-6,10H. The number of fused-ring (bicyclic) bond motifs is 3. The molecular formula is C11H7NOS. The van der Waals surface area contributed by atoms with Gasteiger partial charge in [0.1, 0.15) is 5.25 Å². The predicted molar refractivity (Wildman–Crippen MR) is 57.6 cm³/mol.